The molecule has 0 fully saturated rings. The van der Waals surface area contributed by atoms with Crippen molar-refractivity contribution in [1.29, 1.82) is 0 Å². The van der Waals surface area contributed by atoms with E-state index in [1.807, 2.05) is 61.5 Å². The quantitative estimate of drug-likeness (QED) is 0.863. The Bertz CT molecular complexity index is 788. The Morgan fingerprint density at radius 3 is 2.60 bits per heavy atom. The van der Waals surface area contributed by atoms with Gasteiger partial charge in [-0.25, -0.2) is 4.99 Å². The molecule has 2 amide bonds. The smallest absolute Gasteiger partial charge is 0.260 e. The number of carbonyl (C=O) groups is 2. The van der Waals surface area contributed by atoms with Crippen molar-refractivity contribution in [3.63, 3.8) is 0 Å². The van der Waals surface area contributed by atoms with Crippen LogP contribution >= 0.6 is 11.8 Å². The second kappa shape index (κ2) is 7.98. The zero-order chi connectivity index (χ0) is 17.6. The summed E-state index contributed by atoms with van der Waals surface area (Å²) in [4.78, 5) is 28.1. The minimum atomic E-state index is -0.486. The fraction of sp³-hybridized carbons (Fsp3) is 0.211. The molecule has 5 nitrogen and oxygen atoms in total. The van der Waals surface area contributed by atoms with Gasteiger partial charge in [0, 0.05) is 12.1 Å². The second-order valence-electron chi connectivity index (χ2n) is 5.67. The van der Waals surface area contributed by atoms with E-state index in [1.165, 1.54) is 11.8 Å². The number of carbonyl (C=O) groups excluding carboxylic acids is 2. The highest BCUT2D eigenvalue weighted by atomic mass is 32.2. The minimum Gasteiger partial charge on any atom is -0.487 e. The van der Waals surface area contributed by atoms with Crippen LogP contribution in [0.5, 0.6) is 5.75 Å². The summed E-state index contributed by atoms with van der Waals surface area (Å²) >= 11 is 1.29. The number of amides is 2. The van der Waals surface area contributed by atoms with E-state index in [2.05, 4.69) is 10.3 Å². The Morgan fingerprint density at radius 2 is 1.88 bits per heavy atom. The number of aryl methyl sites for hydroxylation is 1. The summed E-state index contributed by atoms with van der Waals surface area (Å²) in [6.45, 7) is 2.21. The molecule has 1 N–H and O–H groups in total. The third-order valence-electron chi connectivity index (χ3n) is 3.60. The summed E-state index contributed by atoms with van der Waals surface area (Å²) in [6.07, 6.45) is 0.0930. The van der Waals surface area contributed by atoms with Crippen LogP contribution in [0.3, 0.4) is 0 Å². The van der Waals surface area contributed by atoms with E-state index in [0.29, 0.717) is 5.04 Å². The van der Waals surface area contributed by atoms with Crippen molar-refractivity contribution in [3.8, 4) is 5.75 Å². The number of hydrogen-bond acceptors (Lipinski definition) is 4. The van der Waals surface area contributed by atoms with Gasteiger partial charge in [0.1, 0.15) is 22.7 Å². The van der Waals surface area contributed by atoms with Crippen LogP contribution in [0.2, 0.25) is 0 Å². The lowest BCUT2D eigenvalue weighted by Gasteiger charge is -2.09. The number of aliphatic imine (C=N–C) groups is 1. The van der Waals surface area contributed by atoms with Crippen LogP contribution in [0.15, 0.2) is 59.6 Å². The lowest BCUT2D eigenvalue weighted by Crippen LogP contribution is -2.21. The second-order valence-corrected chi connectivity index (χ2v) is 6.95. The molecule has 1 aliphatic heterocycles. The van der Waals surface area contributed by atoms with E-state index in [0.717, 1.165) is 17.0 Å². The van der Waals surface area contributed by atoms with Gasteiger partial charge < -0.3 is 10.1 Å². The predicted molar refractivity (Wildman–Crippen MR) is 100 cm³/mol. The Kier molecular flexibility index (Phi) is 5.50. The van der Waals surface area contributed by atoms with E-state index in [-0.39, 0.29) is 24.8 Å². The van der Waals surface area contributed by atoms with Gasteiger partial charge in [0.05, 0.1) is 0 Å². The number of hydrogen-bond donors (Lipinski definition) is 1. The molecule has 128 valence electrons. The van der Waals surface area contributed by atoms with Gasteiger partial charge in [-0.15, -0.1) is 0 Å². The highest BCUT2D eigenvalue weighted by molar-refractivity contribution is 8.15. The van der Waals surface area contributed by atoms with E-state index in [4.69, 9.17) is 4.74 Å². The first kappa shape index (κ1) is 17.2. The van der Waals surface area contributed by atoms with Crippen molar-refractivity contribution in [2.24, 2.45) is 4.99 Å². The molecule has 1 aliphatic rings. The number of anilines is 1. The molecule has 2 aromatic carbocycles. The lowest BCUT2D eigenvalue weighted by molar-refractivity contribution is -0.121. The van der Waals surface area contributed by atoms with Gasteiger partial charge in [-0.1, -0.05) is 47.7 Å². The van der Waals surface area contributed by atoms with Crippen LogP contribution in [0.25, 0.3) is 0 Å². The molecule has 0 bridgehead atoms. The Morgan fingerprint density at radius 1 is 1.16 bits per heavy atom. The first-order valence-electron chi connectivity index (χ1n) is 7.92. The van der Waals surface area contributed by atoms with Crippen LogP contribution in [0.4, 0.5) is 5.69 Å². The molecule has 25 heavy (non-hydrogen) atoms. The number of benzene rings is 2. The normalized spacial score (nSPS) is 16.4. The van der Waals surface area contributed by atoms with Crippen LogP contribution in [0, 0.1) is 6.92 Å². The van der Waals surface area contributed by atoms with Gasteiger partial charge in [0.2, 0.25) is 5.91 Å². The summed E-state index contributed by atoms with van der Waals surface area (Å²) in [5, 5.41) is 2.92. The number of thioether (sulfide) groups is 1. The monoisotopic (exact) mass is 354 g/mol. The fourth-order valence-electron chi connectivity index (χ4n) is 2.31. The summed E-state index contributed by atoms with van der Waals surface area (Å²) in [5.41, 5.74) is 1.84. The van der Waals surface area contributed by atoms with E-state index >= 15 is 0 Å². The third-order valence-corrected chi connectivity index (χ3v) is 4.73. The van der Waals surface area contributed by atoms with Gasteiger partial charge in [0.25, 0.3) is 5.91 Å². The molecule has 3 rings (SSSR count). The molecule has 0 saturated carbocycles. The maximum Gasteiger partial charge on any atom is 0.260 e. The maximum absolute atomic E-state index is 12.1. The molecular weight excluding hydrogens is 336 g/mol. The lowest BCUT2D eigenvalue weighted by atomic mass is 10.2. The van der Waals surface area contributed by atoms with Crippen molar-refractivity contribution in [3.05, 3.63) is 60.2 Å². The van der Waals surface area contributed by atoms with Crippen molar-refractivity contribution >= 4 is 34.3 Å². The van der Waals surface area contributed by atoms with Gasteiger partial charge in [-0.3, -0.25) is 9.59 Å². The highest BCUT2D eigenvalue weighted by Gasteiger charge is 2.30. The molecule has 6 heteroatoms. The zero-order valence-electron chi connectivity index (χ0n) is 13.8. The number of ether oxygens (including phenoxy) is 1. The molecule has 0 aliphatic carbocycles. The SMILES string of the molecule is Cc1ccc(NC(=O)C[C@@H]2SC(COc3ccccc3)=NC2=O)cc1. The number of para-hydroxylation sites is 1. The van der Waals surface area contributed by atoms with Crippen molar-refractivity contribution < 1.29 is 14.3 Å². The Hall–Kier alpha value is -2.60. The van der Waals surface area contributed by atoms with Crippen LogP contribution < -0.4 is 10.1 Å². The van der Waals surface area contributed by atoms with Crippen LogP contribution in [-0.2, 0) is 9.59 Å². The summed E-state index contributed by atoms with van der Waals surface area (Å²) in [7, 11) is 0. The minimum absolute atomic E-state index is 0.0930. The number of nitrogens with one attached hydrogen (secondary N) is 1. The number of rotatable bonds is 6. The topological polar surface area (TPSA) is 67.8 Å². The molecule has 0 spiro atoms. The fourth-order valence-corrected chi connectivity index (χ4v) is 3.30. The summed E-state index contributed by atoms with van der Waals surface area (Å²) in [5.74, 6) is 0.240. The van der Waals surface area contributed by atoms with Gasteiger partial charge in [0.15, 0.2) is 0 Å². The zero-order valence-corrected chi connectivity index (χ0v) is 14.6. The average molecular weight is 354 g/mol. The molecule has 0 saturated heterocycles. The van der Waals surface area contributed by atoms with Crippen molar-refractivity contribution in [1.82, 2.24) is 0 Å². The molecule has 0 unspecified atom stereocenters. The van der Waals surface area contributed by atoms with Crippen LogP contribution in [0.1, 0.15) is 12.0 Å². The molecule has 0 aromatic heterocycles. The van der Waals surface area contributed by atoms with Crippen molar-refractivity contribution in [2.75, 3.05) is 11.9 Å². The maximum atomic E-state index is 12.1. The van der Waals surface area contributed by atoms with E-state index in [9.17, 15) is 9.59 Å². The van der Waals surface area contributed by atoms with E-state index < -0.39 is 5.25 Å². The van der Waals surface area contributed by atoms with E-state index in [1.54, 1.807) is 0 Å². The number of nitrogens with zero attached hydrogens (tertiary/aromatic N) is 1. The van der Waals surface area contributed by atoms with Gasteiger partial charge in [-0.05, 0) is 31.2 Å². The average Bonchev–Trinajstić information content (AvgIpc) is 2.96. The Labute approximate surface area is 150 Å². The predicted octanol–water partition coefficient (Wildman–Crippen LogP) is 3.44. The molecule has 2 aromatic rings. The van der Waals surface area contributed by atoms with Gasteiger partial charge >= 0.3 is 0 Å². The van der Waals surface area contributed by atoms with Gasteiger partial charge in [-0.2, -0.15) is 0 Å². The third kappa shape index (κ3) is 4.93. The van der Waals surface area contributed by atoms with Crippen molar-refractivity contribution in [2.45, 2.75) is 18.6 Å². The standard InChI is InChI=1S/C19H18N2O3S/c1-13-7-9-14(10-8-13)20-17(22)11-16-19(23)21-18(25-16)12-24-15-5-3-2-4-6-15/h2-10,16H,11-12H2,1H3,(H,20,22)/t16-/m0/s1. The molecule has 1 atom stereocenters. The van der Waals surface area contributed by atoms with Crippen LogP contribution in [-0.4, -0.2) is 28.7 Å². The summed E-state index contributed by atoms with van der Waals surface area (Å²) < 4.78 is 5.59. The first-order chi connectivity index (χ1) is 12.1. The molecule has 0 radical (unpaired) electrons. The largest absolute Gasteiger partial charge is 0.487 e. The molecule has 1 heterocycles. The molecular formula is C19H18N2O3S. The Balaban J connectivity index is 1.48. The first-order valence-corrected chi connectivity index (χ1v) is 8.80. The highest BCUT2D eigenvalue weighted by Crippen LogP contribution is 2.26. The summed E-state index contributed by atoms with van der Waals surface area (Å²) in [6, 6.07) is 16.9.